The van der Waals surface area contributed by atoms with Gasteiger partial charge in [-0.3, -0.25) is 14.5 Å². The van der Waals surface area contributed by atoms with Gasteiger partial charge in [0.25, 0.3) is 0 Å². The number of carbonyl (C=O) groups excluding carboxylic acids is 2. The van der Waals surface area contributed by atoms with Crippen LogP contribution in [0.25, 0.3) is 0 Å². The van der Waals surface area contributed by atoms with E-state index in [0.717, 1.165) is 38.3 Å². The van der Waals surface area contributed by atoms with E-state index in [1.165, 1.54) is 5.69 Å². The number of amides is 1. The van der Waals surface area contributed by atoms with Crippen LogP contribution in [0, 0.1) is 0 Å². The Morgan fingerprint density at radius 3 is 2.19 bits per heavy atom. The van der Waals surface area contributed by atoms with Crippen LogP contribution < -0.4 is 10.2 Å². The van der Waals surface area contributed by atoms with Gasteiger partial charge >= 0.3 is 0 Å². The maximum atomic E-state index is 11.3. The van der Waals surface area contributed by atoms with Crippen LogP contribution in [-0.4, -0.2) is 55.9 Å². The van der Waals surface area contributed by atoms with Crippen molar-refractivity contribution < 1.29 is 9.59 Å². The highest BCUT2D eigenvalue weighted by atomic mass is 16.1. The fraction of sp³-hybridized carbons (Fsp3) is 0.500. The number of piperazine rings is 1. The summed E-state index contributed by atoms with van der Waals surface area (Å²) in [5.74, 6) is 0.128. The molecule has 0 aliphatic carbocycles. The molecule has 2 rings (SSSR count). The van der Waals surface area contributed by atoms with Crippen molar-refractivity contribution in [1.29, 1.82) is 0 Å². The molecule has 1 amide bonds. The van der Waals surface area contributed by atoms with Crippen LogP contribution in [0.2, 0.25) is 0 Å². The summed E-state index contributed by atoms with van der Waals surface area (Å²) in [6.45, 7) is 8.67. The molecule has 114 valence electrons. The number of benzene rings is 1. The predicted molar refractivity (Wildman–Crippen MR) is 83.8 cm³/mol. The van der Waals surface area contributed by atoms with Gasteiger partial charge in [0, 0.05) is 57.4 Å². The lowest BCUT2D eigenvalue weighted by Crippen LogP contribution is -2.48. The van der Waals surface area contributed by atoms with Gasteiger partial charge in [0.1, 0.15) is 0 Å². The van der Waals surface area contributed by atoms with E-state index in [1.54, 1.807) is 13.8 Å². The van der Waals surface area contributed by atoms with Crippen LogP contribution >= 0.6 is 0 Å². The number of rotatable bonds is 5. The zero-order chi connectivity index (χ0) is 15.2. The number of anilines is 1. The van der Waals surface area contributed by atoms with E-state index in [0.29, 0.717) is 6.54 Å². The van der Waals surface area contributed by atoms with E-state index >= 15 is 0 Å². The van der Waals surface area contributed by atoms with E-state index in [2.05, 4.69) is 15.1 Å². The third-order valence-electron chi connectivity index (χ3n) is 3.81. The summed E-state index contributed by atoms with van der Waals surface area (Å²) in [6.07, 6.45) is 0. The summed E-state index contributed by atoms with van der Waals surface area (Å²) in [5, 5.41) is 2.83. The van der Waals surface area contributed by atoms with Crippen LogP contribution in [0.1, 0.15) is 24.2 Å². The van der Waals surface area contributed by atoms with Crippen LogP contribution in [-0.2, 0) is 4.79 Å². The van der Waals surface area contributed by atoms with Gasteiger partial charge in [0.05, 0.1) is 0 Å². The van der Waals surface area contributed by atoms with E-state index in [1.807, 2.05) is 24.3 Å². The smallest absolute Gasteiger partial charge is 0.216 e. The largest absolute Gasteiger partial charge is 0.369 e. The molecule has 0 radical (unpaired) electrons. The second kappa shape index (κ2) is 7.22. The number of ketones is 1. The van der Waals surface area contributed by atoms with Crippen molar-refractivity contribution >= 4 is 17.4 Å². The fourth-order valence-corrected chi connectivity index (χ4v) is 2.53. The molecule has 1 saturated heterocycles. The predicted octanol–water partition coefficient (Wildman–Crippen LogP) is 1.15. The molecule has 0 bridgehead atoms. The first-order chi connectivity index (χ1) is 10.1. The lowest BCUT2D eigenvalue weighted by atomic mass is 10.1. The lowest BCUT2D eigenvalue weighted by molar-refractivity contribution is -0.119. The highest BCUT2D eigenvalue weighted by Gasteiger charge is 2.16. The van der Waals surface area contributed by atoms with Crippen molar-refractivity contribution in [3.05, 3.63) is 29.8 Å². The molecule has 0 unspecified atom stereocenters. The molecule has 0 aromatic heterocycles. The van der Waals surface area contributed by atoms with Crippen LogP contribution in [0.3, 0.4) is 0 Å². The quantitative estimate of drug-likeness (QED) is 0.826. The molecule has 1 aliphatic rings. The average Bonchev–Trinajstić information content (AvgIpc) is 2.48. The first-order valence-electron chi connectivity index (χ1n) is 7.39. The zero-order valence-corrected chi connectivity index (χ0v) is 12.8. The third-order valence-corrected chi connectivity index (χ3v) is 3.81. The maximum absolute atomic E-state index is 11.3. The van der Waals surface area contributed by atoms with Gasteiger partial charge in [0.2, 0.25) is 5.91 Å². The summed E-state index contributed by atoms with van der Waals surface area (Å²) in [5.41, 5.74) is 1.93. The van der Waals surface area contributed by atoms with E-state index < -0.39 is 0 Å². The molecule has 1 aromatic rings. The standard InChI is InChI=1S/C16H23N3O2/c1-13(20)15-3-5-16(6-4-15)19-11-9-18(10-12-19)8-7-17-14(2)21/h3-6H,7-12H2,1-2H3,(H,17,21). The Morgan fingerprint density at radius 1 is 1.05 bits per heavy atom. The third kappa shape index (κ3) is 4.56. The molecule has 0 atom stereocenters. The molecular weight excluding hydrogens is 266 g/mol. The fourth-order valence-electron chi connectivity index (χ4n) is 2.53. The number of nitrogens with zero attached hydrogens (tertiary/aromatic N) is 2. The van der Waals surface area contributed by atoms with Crippen LogP contribution in [0.4, 0.5) is 5.69 Å². The zero-order valence-electron chi connectivity index (χ0n) is 12.8. The molecule has 1 aromatic carbocycles. The van der Waals surface area contributed by atoms with Gasteiger partial charge < -0.3 is 10.2 Å². The Labute approximate surface area is 125 Å². The Balaban J connectivity index is 1.80. The molecule has 5 nitrogen and oxygen atoms in total. The maximum Gasteiger partial charge on any atom is 0.216 e. The molecule has 0 spiro atoms. The summed E-state index contributed by atoms with van der Waals surface area (Å²) >= 11 is 0. The summed E-state index contributed by atoms with van der Waals surface area (Å²) in [4.78, 5) is 26.8. The van der Waals surface area contributed by atoms with Gasteiger partial charge in [-0.1, -0.05) is 0 Å². The molecule has 1 fully saturated rings. The first kappa shape index (κ1) is 15.5. The Bertz CT molecular complexity index is 491. The van der Waals surface area contributed by atoms with Gasteiger partial charge in [0.15, 0.2) is 5.78 Å². The minimum Gasteiger partial charge on any atom is -0.369 e. The second-order valence-electron chi connectivity index (χ2n) is 5.41. The van der Waals surface area contributed by atoms with Crippen molar-refractivity contribution in [3.63, 3.8) is 0 Å². The Kier molecular flexibility index (Phi) is 5.33. The van der Waals surface area contributed by atoms with Crippen molar-refractivity contribution in [2.75, 3.05) is 44.2 Å². The Morgan fingerprint density at radius 2 is 1.67 bits per heavy atom. The van der Waals surface area contributed by atoms with Gasteiger partial charge in [-0.2, -0.15) is 0 Å². The molecule has 21 heavy (non-hydrogen) atoms. The highest BCUT2D eigenvalue weighted by Crippen LogP contribution is 2.17. The molecule has 0 saturated carbocycles. The Hall–Kier alpha value is -1.88. The van der Waals surface area contributed by atoms with E-state index in [4.69, 9.17) is 0 Å². The van der Waals surface area contributed by atoms with Gasteiger partial charge in [-0.25, -0.2) is 0 Å². The first-order valence-corrected chi connectivity index (χ1v) is 7.39. The number of carbonyl (C=O) groups is 2. The summed E-state index contributed by atoms with van der Waals surface area (Å²) in [6, 6.07) is 7.81. The molecule has 1 aliphatic heterocycles. The van der Waals surface area contributed by atoms with Crippen molar-refractivity contribution in [2.24, 2.45) is 0 Å². The minimum absolute atomic E-state index is 0.0270. The topological polar surface area (TPSA) is 52.7 Å². The van der Waals surface area contributed by atoms with Gasteiger partial charge in [-0.15, -0.1) is 0 Å². The molecule has 1 N–H and O–H groups in total. The second-order valence-corrected chi connectivity index (χ2v) is 5.41. The summed E-state index contributed by atoms with van der Waals surface area (Å²) in [7, 11) is 0. The monoisotopic (exact) mass is 289 g/mol. The molecule has 1 heterocycles. The normalized spacial score (nSPS) is 15.8. The van der Waals surface area contributed by atoms with E-state index in [9.17, 15) is 9.59 Å². The van der Waals surface area contributed by atoms with Crippen molar-refractivity contribution in [2.45, 2.75) is 13.8 Å². The summed E-state index contributed by atoms with van der Waals surface area (Å²) < 4.78 is 0. The lowest BCUT2D eigenvalue weighted by Gasteiger charge is -2.36. The number of hydrogen-bond acceptors (Lipinski definition) is 4. The van der Waals surface area contributed by atoms with Crippen LogP contribution in [0.15, 0.2) is 24.3 Å². The highest BCUT2D eigenvalue weighted by molar-refractivity contribution is 5.94. The van der Waals surface area contributed by atoms with E-state index in [-0.39, 0.29) is 11.7 Å². The van der Waals surface area contributed by atoms with Crippen molar-refractivity contribution in [3.8, 4) is 0 Å². The van der Waals surface area contributed by atoms with Crippen LogP contribution in [0.5, 0.6) is 0 Å². The SMILES string of the molecule is CC(=O)NCCN1CCN(c2ccc(C(C)=O)cc2)CC1. The van der Waals surface area contributed by atoms with Gasteiger partial charge in [-0.05, 0) is 31.2 Å². The number of hydrogen-bond donors (Lipinski definition) is 1. The number of Topliss-reactive ketones (excluding diaryl/α,β-unsaturated/α-hetero) is 1. The average molecular weight is 289 g/mol. The van der Waals surface area contributed by atoms with Crippen molar-refractivity contribution in [1.82, 2.24) is 10.2 Å². The molecule has 5 heteroatoms. The number of nitrogens with one attached hydrogen (secondary N) is 1. The minimum atomic E-state index is 0.0270. The molecular formula is C16H23N3O2.